The number of aliphatic carboxylic acids is 1. The second-order valence-electron chi connectivity index (χ2n) is 28.0. The predicted molar refractivity (Wildman–Crippen MR) is 449 cm³/mol. The predicted octanol–water partition coefficient (Wildman–Crippen LogP) is 8.21. The number of ether oxygens (including phenoxy) is 4. The Balaban J connectivity index is 0.000000574. The highest BCUT2D eigenvalue weighted by molar-refractivity contribution is 5.94. The Morgan fingerprint density at radius 1 is 0.443 bits per heavy atom. The first-order valence-corrected chi connectivity index (χ1v) is 37.1. The van der Waals surface area contributed by atoms with Crippen LogP contribution in [-0.4, -0.2) is 195 Å². The van der Waals surface area contributed by atoms with E-state index in [1.165, 1.54) is 57.5 Å². The Morgan fingerprint density at radius 3 is 1.10 bits per heavy atom. The van der Waals surface area contributed by atoms with Gasteiger partial charge in [0.2, 0.25) is 24.4 Å². The summed E-state index contributed by atoms with van der Waals surface area (Å²) in [6.45, 7) is 11.3. The van der Waals surface area contributed by atoms with E-state index in [2.05, 4.69) is 47.0 Å². The van der Waals surface area contributed by atoms with Crippen LogP contribution in [0.2, 0.25) is 0 Å². The number of aromatic nitrogens is 3. The van der Waals surface area contributed by atoms with Crippen LogP contribution in [0.15, 0.2) is 110 Å². The van der Waals surface area contributed by atoms with Crippen molar-refractivity contribution in [2.75, 3.05) is 73.6 Å². The normalized spacial score (nSPS) is 15.5. The van der Waals surface area contributed by atoms with E-state index in [4.69, 9.17) is 14.2 Å². The standard InChI is InChI=1S/C28H30FN5O6.C24H26FN5O4.C21H24FN3O7.C7H8N2.5CH4.2ClH/c1-17(35)39-25(26(40-18(2)36)28(38)34-15-20-4-3-9-31-23(20)16-34)27(37)32-14-19-7-10-33(11-8-19)24-6-5-22(29)12-21(24)13-30;25-18-3-4-20(17(10-18)11-26)29-8-5-15(6-9-29)12-28-23(33)21(31)22(32)24(34)30-13-16-2-1-7-27-19(16)14-30;1-12(26)31-18(19(21(29)30)32-13(2)27)20(28)24-11-14-5-7-25(8-6-14)17-4-3-16(22)9-15(17)10-23;1-2-6-4-8-5-7(6)9-3-1;;;;;;;/h3-6,9,12,19,25-26H,7-8,10-11,14-16H2,1-2H3,(H,32,37);1-4,7,10,15,21-22,31-32H,5-6,8-9,12-14H2,(H,28,33);3-4,9,14,18-19H,5-8,11H2,1-2H3,(H,24,28)(H,29,30);1-3,8H,4-5H2;5*1H4;2*1H/t25-,26-;21-,22-;18-,19-;;;;;;;;/m111......../s1. The number of piperidine rings is 3. The summed E-state index contributed by atoms with van der Waals surface area (Å²) < 4.78 is 60.2. The van der Waals surface area contributed by atoms with Gasteiger partial charge >= 0.3 is 29.8 Å². The number of anilines is 3. The number of hydrogen-bond acceptors (Lipinski definition) is 26. The van der Waals surface area contributed by atoms with Crippen molar-refractivity contribution < 1.29 is 95.4 Å². The lowest BCUT2D eigenvalue weighted by Gasteiger charge is -2.34. The van der Waals surface area contributed by atoms with Crippen LogP contribution in [0.1, 0.15) is 154 Å². The molecule has 6 aliphatic heterocycles. The van der Waals surface area contributed by atoms with Gasteiger partial charge in [0.05, 0.1) is 63.9 Å². The SMILES string of the molecule is C.C.C.C.C.CC(=O)O[C@@H](C(=O)NCC1CCN(c2ccc(F)cc2C#N)CC1)[C@@H](OC(C)=O)C(=O)N1Cc2cccnc2C1.CC(=O)O[C@@H](C(=O)O)[C@@H](OC(C)=O)C(=O)NCC1CCN(c2ccc(F)cc2C#N)CC1.Cl.Cl.N#Cc1cc(F)ccc1N1CCC(CNC(=O)[C@H](O)[C@@H](O)C(=O)N2Cc3cccnc3C2)CC1.c1cnc2c(c1)CNC2. The zero-order valence-corrected chi connectivity index (χ0v) is 66.0. The van der Waals surface area contributed by atoms with Crippen LogP contribution < -0.4 is 36.0 Å². The largest absolute Gasteiger partial charge is 0.478 e. The summed E-state index contributed by atoms with van der Waals surface area (Å²) in [5.74, 6) is -10.1. The molecular formula is C85H110Cl2F3N15O17. The van der Waals surface area contributed by atoms with Crippen molar-refractivity contribution in [2.24, 2.45) is 17.8 Å². The third kappa shape index (κ3) is 29.4. The quantitative estimate of drug-likeness (QED) is 0.0248. The average Bonchev–Trinajstić information content (AvgIpc) is 1.74. The lowest BCUT2D eigenvalue weighted by Crippen LogP contribution is -2.54. The minimum atomic E-state index is -1.97. The second-order valence-corrected chi connectivity index (χ2v) is 28.0. The highest BCUT2D eigenvalue weighted by Crippen LogP contribution is 2.32. The van der Waals surface area contributed by atoms with E-state index < -0.39 is 113 Å². The van der Waals surface area contributed by atoms with Crippen LogP contribution in [0.5, 0.6) is 0 Å². The molecule has 6 aliphatic rings. The smallest absolute Gasteiger partial charge is 0.349 e. The molecule has 3 aromatic heterocycles. The molecule has 3 aromatic carbocycles. The van der Waals surface area contributed by atoms with Crippen molar-refractivity contribution in [3.05, 3.63) is 178 Å². The fraction of sp³-hybridized carbons (Fsp3) is 0.459. The van der Waals surface area contributed by atoms with Crippen LogP contribution >= 0.6 is 24.8 Å². The molecule has 37 heteroatoms. The highest BCUT2D eigenvalue weighted by atomic mass is 35.5. The van der Waals surface area contributed by atoms with Crippen LogP contribution in [-0.2, 0) is 106 Å². The number of nitrogens with one attached hydrogen (secondary N) is 4. The number of aliphatic hydroxyl groups is 2. The molecule has 7 N–H and O–H groups in total. The summed E-state index contributed by atoms with van der Waals surface area (Å²) >= 11 is 0. The number of aliphatic hydroxyl groups excluding tert-OH is 2. The number of hydrogen-bond donors (Lipinski definition) is 7. The average molecular weight is 1740 g/mol. The lowest BCUT2D eigenvalue weighted by molar-refractivity contribution is -0.180. The lowest BCUT2D eigenvalue weighted by atomic mass is 9.95. The molecule has 3 fully saturated rings. The van der Waals surface area contributed by atoms with E-state index >= 15 is 0 Å². The zero-order valence-electron chi connectivity index (χ0n) is 64.4. The number of carbonyl (C=O) groups excluding carboxylic acids is 9. The number of carboxylic acids is 1. The van der Waals surface area contributed by atoms with E-state index in [1.807, 2.05) is 57.3 Å². The van der Waals surface area contributed by atoms with Gasteiger partial charge in [-0.3, -0.25) is 58.1 Å². The summed E-state index contributed by atoms with van der Waals surface area (Å²) in [6.07, 6.45) is -1.73. The maximum atomic E-state index is 13.5. The van der Waals surface area contributed by atoms with Crippen molar-refractivity contribution in [1.29, 1.82) is 15.8 Å². The number of benzene rings is 3. The third-order valence-electron chi connectivity index (χ3n) is 19.9. The van der Waals surface area contributed by atoms with E-state index in [0.717, 1.165) is 70.4 Å². The van der Waals surface area contributed by atoms with Gasteiger partial charge < -0.3 is 80.0 Å². The first-order chi connectivity index (χ1) is 55.1. The molecule has 9 heterocycles. The number of nitriles is 3. The highest BCUT2D eigenvalue weighted by Gasteiger charge is 2.44. The maximum absolute atomic E-state index is 13.5. The van der Waals surface area contributed by atoms with Gasteiger partial charge in [0, 0.05) is 131 Å². The number of carboxylic acid groups (broad SMARTS) is 1. The Morgan fingerprint density at radius 2 is 0.762 bits per heavy atom. The minimum absolute atomic E-state index is 0. The van der Waals surface area contributed by atoms with E-state index in [-0.39, 0.29) is 142 Å². The van der Waals surface area contributed by atoms with Crippen molar-refractivity contribution in [3.63, 3.8) is 0 Å². The van der Waals surface area contributed by atoms with Gasteiger partial charge in [-0.2, -0.15) is 15.8 Å². The summed E-state index contributed by atoms with van der Waals surface area (Å²) in [7, 11) is 0. The fourth-order valence-electron chi connectivity index (χ4n) is 14.0. The van der Waals surface area contributed by atoms with Crippen LogP contribution in [0.25, 0.3) is 0 Å². The molecule has 0 radical (unpaired) electrons. The van der Waals surface area contributed by atoms with Crippen molar-refractivity contribution in [1.82, 2.24) is 46.0 Å². The summed E-state index contributed by atoms with van der Waals surface area (Å²) in [6, 6.07) is 29.6. The van der Waals surface area contributed by atoms with Gasteiger partial charge in [-0.25, -0.2) is 18.0 Å². The molecule has 3 saturated heterocycles. The Kier molecular flexibility index (Phi) is 44.2. The Bertz CT molecular complexity index is 4610. The summed E-state index contributed by atoms with van der Waals surface area (Å²) in [4.78, 5) is 143. The molecule has 0 spiro atoms. The molecule has 12 rings (SSSR count). The van der Waals surface area contributed by atoms with Gasteiger partial charge in [-0.15, -0.1) is 24.8 Å². The number of halogens is 5. The number of pyridine rings is 3. The molecule has 0 saturated carbocycles. The topological polar surface area (TPSA) is 443 Å². The first kappa shape index (κ1) is 106. The molecule has 0 aliphatic carbocycles. The van der Waals surface area contributed by atoms with Gasteiger partial charge in [0.1, 0.15) is 35.7 Å². The summed E-state index contributed by atoms with van der Waals surface area (Å²) in [5, 5.41) is 68.8. The maximum Gasteiger partial charge on any atom is 0.349 e. The van der Waals surface area contributed by atoms with E-state index in [9.17, 15) is 92.2 Å². The van der Waals surface area contributed by atoms with Gasteiger partial charge in [-0.1, -0.05) is 55.3 Å². The molecule has 0 bridgehead atoms. The van der Waals surface area contributed by atoms with Crippen LogP contribution in [0, 0.1) is 69.2 Å². The van der Waals surface area contributed by atoms with E-state index in [1.54, 1.807) is 42.7 Å². The van der Waals surface area contributed by atoms with Gasteiger partial charge in [-0.05, 0) is 146 Å². The van der Waals surface area contributed by atoms with E-state index in [0.29, 0.717) is 87.7 Å². The monoisotopic (exact) mass is 1740 g/mol. The third-order valence-corrected chi connectivity index (χ3v) is 19.9. The first-order valence-electron chi connectivity index (χ1n) is 37.1. The summed E-state index contributed by atoms with van der Waals surface area (Å²) in [5.41, 5.74) is 8.44. The zero-order chi connectivity index (χ0) is 83.0. The number of nitrogens with zero attached hydrogens (tertiary/aromatic N) is 11. The van der Waals surface area contributed by atoms with Gasteiger partial charge in [0.25, 0.3) is 29.5 Å². The number of fused-ring (bicyclic) bond motifs is 3. The molecular weight excluding hydrogens is 1630 g/mol. The van der Waals surface area contributed by atoms with Crippen molar-refractivity contribution >= 4 is 101 Å². The molecule has 5 amide bonds. The van der Waals surface area contributed by atoms with Crippen molar-refractivity contribution in [2.45, 2.75) is 179 Å². The molecule has 122 heavy (non-hydrogen) atoms. The Labute approximate surface area is 721 Å². The number of amides is 5. The van der Waals surface area contributed by atoms with Crippen LogP contribution in [0.4, 0.5) is 30.2 Å². The second kappa shape index (κ2) is 50.9. The number of carbonyl (C=O) groups is 10. The molecule has 32 nitrogen and oxygen atoms in total. The Hall–Kier alpha value is -12.1. The van der Waals surface area contributed by atoms with Crippen molar-refractivity contribution in [3.8, 4) is 18.2 Å². The fourth-order valence-corrected chi connectivity index (χ4v) is 14.0. The van der Waals surface area contributed by atoms with Crippen LogP contribution in [0.3, 0.4) is 0 Å². The van der Waals surface area contributed by atoms with Gasteiger partial charge in [0.15, 0.2) is 12.2 Å². The number of esters is 4. The molecule has 662 valence electrons. The number of rotatable bonds is 22. The molecule has 0 unspecified atom stereocenters. The minimum Gasteiger partial charge on any atom is -0.478 e. The molecule has 6 aromatic rings. The molecule has 6 atom stereocenters.